The molecule has 5 heteroatoms. The number of carboxylic acid groups (broad SMARTS) is 1. The van der Waals surface area contributed by atoms with E-state index >= 15 is 0 Å². The van der Waals surface area contributed by atoms with Crippen LogP contribution in [-0.2, 0) is 6.42 Å². The fraction of sp³-hybridized carbons (Fsp3) is 0.100. The maximum Gasteiger partial charge on any atom is 0.335 e. The zero-order chi connectivity index (χ0) is 17.6. The standard InChI is InChI=1S/C20H15NO4/c21-14-6-8-15-17(10-14)25-19-13(5-7-16(19)18(15)22)9-11-1-3-12(4-2-11)20(23)24/h1-4,6,8-10H,5,7,21H2,(H,23,24)/b13-9+. The topological polar surface area (TPSA) is 93.5 Å². The molecule has 25 heavy (non-hydrogen) atoms. The maximum absolute atomic E-state index is 12.7. The van der Waals surface area contributed by atoms with Crippen molar-refractivity contribution < 1.29 is 14.3 Å². The Kier molecular flexibility index (Phi) is 3.42. The van der Waals surface area contributed by atoms with Gasteiger partial charge in [0.25, 0.3) is 0 Å². The minimum absolute atomic E-state index is 0.0131. The van der Waals surface area contributed by atoms with E-state index in [1.54, 1.807) is 42.5 Å². The van der Waals surface area contributed by atoms with Gasteiger partial charge in [0.05, 0.1) is 10.9 Å². The number of aromatic carboxylic acids is 1. The first kappa shape index (κ1) is 15.2. The molecule has 124 valence electrons. The molecule has 0 unspecified atom stereocenters. The summed E-state index contributed by atoms with van der Waals surface area (Å²) in [4.78, 5) is 23.6. The van der Waals surface area contributed by atoms with Crippen LogP contribution >= 0.6 is 0 Å². The molecule has 1 aromatic heterocycles. The summed E-state index contributed by atoms with van der Waals surface area (Å²) in [6.45, 7) is 0. The fourth-order valence-electron chi connectivity index (χ4n) is 3.17. The van der Waals surface area contributed by atoms with Gasteiger partial charge < -0.3 is 15.3 Å². The van der Waals surface area contributed by atoms with Crippen LogP contribution in [0.15, 0.2) is 51.7 Å². The van der Waals surface area contributed by atoms with Crippen LogP contribution < -0.4 is 11.2 Å². The highest BCUT2D eigenvalue weighted by molar-refractivity contribution is 5.90. The molecule has 1 heterocycles. The van der Waals surface area contributed by atoms with Crippen LogP contribution in [0.1, 0.15) is 33.7 Å². The van der Waals surface area contributed by atoms with E-state index in [1.165, 1.54) is 0 Å². The van der Waals surface area contributed by atoms with Gasteiger partial charge in [-0.25, -0.2) is 4.79 Å². The number of hydrogen-bond donors (Lipinski definition) is 2. The Hall–Kier alpha value is -3.34. The van der Waals surface area contributed by atoms with Crippen molar-refractivity contribution in [3.05, 3.63) is 75.1 Å². The SMILES string of the molecule is Nc1ccc2c(=O)c3c(oc2c1)/C(=C/c1ccc(C(=O)O)cc1)CC3. The Bertz CT molecular complexity index is 1090. The number of fused-ring (bicyclic) bond motifs is 2. The van der Waals surface area contributed by atoms with E-state index in [0.29, 0.717) is 40.8 Å². The molecule has 4 rings (SSSR count). The Balaban J connectivity index is 1.82. The molecule has 0 radical (unpaired) electrons. The number of rotatable bonds is 2. The van der Waals surface area contributed by atoms with Crippen molar-refractivity contribution in [3.63, 3.8) is 0 Å². The molecular formula is C20H15NO4. The average Bonchev–Trinajstić information content (AvgIpc) is 2.98. The lowest BCUT2D eigenvalue weighted by Crippen LogP contribution is -2.08. The lowest BCUT2D eigenvalue weighted by Gasteiger charge is -2.05. The van der Waals surface area contributed by atoms with Gasteiger partial charge in [-0.05, 0) is 54.3 Å². The van der Waals surface area contributed by atoms with Gasteiger partial charge in [0, 0.05) is 17.3 Å². The highest BCUT2D eigenvalue weighted by atomic mass is 16.4. The molecule has 0 aliphatic heterocycles. The van der Waals surface area contributed by atoms with Crippen molar-refractivity contribution in [2.75, 3.05) is 5.73 Å². The molecule has 1 aliphatic carbocycles. The molecule has 0 bridgehead atoms. The van der Waals surface area contributed by atoms with Crippen LogP contribution in [0.25, 0.3) is 22.6 Å². The number of hydrogen-bond acceptors (Lipinski definition) is 4. The van der Waals surface area contributed by atoms with Crippen LogP contribution in [-0.4, -0.2) is 11.1 Å². The van der Waals surface area contributed by atoms with Gasteiger partial charge >= 0.3 is 5.97 Å². The number of anilines is 1. The van der Waals surface area contributed by atoms with Crippen LogP contribution in [0, 0.1) is 0 Å². The third-order valence-corrected chi connectivity index (χ3v) is 4.45. The molecule has 1 aliphatic rings. The molecule has 0 amide bonds. The second-order valence-electron chi connectivity index (χ2n) is 6.09. The van der Waals surface area contributed by atoms with E-state index in [-0.39, 0.29) is 11.0 Å². The van der Waals surface area contributed by atoms with E-state index in [2.05, 4.69) is 0 Å². The highest BCUT2D eigenvalue weighted by Crippen LogP contribution is 2.34. The Morgan fingerprint density at radius 3 is 2.60 bits per heavy atom. The number of carbonyl (C=O) groups is 1. The molecule has 2 aromatic carbocycles. The summed E-state index contributed by atoms with van der Waals surface area (Å²) in [6.07, 6.45) is 3.27. The molecule has 0 spiro atoms. The Morgan fingerprint density at radius 2 is 1.88 bits per heavy atom. The molecule has 5 nitrogen and oxygen atoms in total. The van der Waals surface area contributed by atoms with Crippen molar-refractivity contribution in [3.8, 4) is 0 Å². The van der Waals surface area contributed by atoms with Crippen LogP contribution in [0.3, 0.4) is 0 Å². The van der Waals surface area contributed by atoms with Gasteiger partial charge in [0.1, 0.15) is 11.3 Å². The van der Waals surface area contributed by atoms with Crippen molar-refractivity contribution in [1.82, 2.24) is 0 Å². The van der Waals surface area contributed by atoms with Crippen molar-refractivity contribution in [1.29, 1.82) is 0 Å². The van der Waals surface area contributed by atoms with Crippen LogP contribution in [0.2, 0.25) is 0 Å². The summed E-state index contributed by atoms with van der Waals surface area (Å²) in [5.41, 5.74) is 9.52. The number of benzene rings is 2. The third-order valence-electron chi connectivity index (χ3n) is 4.45. The maximum atomic E-state index is 12.7. The van der Waals surface area contributed by atoms with Gasteiger partial charge in [-0.1, -0.05) is 12.1 Å². The summed E-state index contributed by atoms with van der Waals surface area (Å²) in [6, 6.07) is 11.7. The van der Waals surface area contributed by atoms with E-state index in [9.17, 15) is 9.59 Å². The lowest BCUT2D eigenvalue weighted by atomic mass is 10.1. The third kappa shape index (κ3) is 2.59. The van der Waals surface area contributed by atoms with Gasteiger partial charge in [-0.3, -0.25) is 4.79 Å². The van der Waals surface area contributed by atoms with E-state index in [1.807, 2.05) is 6.08 Å². The van der Waals surface area contributed by atoms with Crippen LogP contribution in [0.4, 0.5) is 5.69 Å². The normalized spacial score (nSPS) is 14.8. The minimum Gasteiger partial charge on any atom is -0.478 e. The van der Waals surface area contributed by atoms with Crippen molar-refractivity contribution in [2.45, 2.75) is 12.8 Å². The molecule has 3 N–H and O–H groups in total. The molecule has 0 saturated carbocycles. The predicted molar refractivity (Wildman–Crippen MR) is 96.5 cm³/mol. The zero-order valence-electron chi connectivity index (χ0n) is 13.3. The summed E-state index contributed by atoms with van der Waals surface area (Å²) >= 11 is 0. The summed E-state index contributed by atoms with van der Waals surface area (Å²) in [7, 11) is 0. The van der Waals surface area contributed by atoms with Gasteiger partial charge in [-0.15, -0.1) is 0 Å². The molecule has 3 aromatic rings. The second kappa shape index (κ2) is 5.63. The Labute approximate surface area is 143 Å². The molecule has 0 saturated heterocycles. The second-order valence-corrected chi connectivity index (χ2v) is 6.09. The first-order chi connectivity index (χ1) is 12.0. The first-order valence-electron chi connectivity index (χ1n) is 7.92. The number of nitrogens with two attached hydrogens (primary N) is 1. The quantitative estimate of drug-likeness (QED) is 0.699. The first-order valence-corrected chi connectivity index (χ1v) is 7.92. The number of nitrogen functional groups attached to an aromatic ring is 1. The summed E-state index contributed by atoms with van der Waals surface area (Å²) in [5.74, 6) is -0.356. The van der Waals surface area contributed by atoms with Crippen LogP contribution in [0.5, 0.6) is 0 Å². The molecule has 0 fully saturated rings. The van der Waals surface area contributed by atoms with E-state index in [0.717, 1.165) is 11.1 Å². The fourth-order valence-corrected chi connectivity index (χ4v) is 3.17. The van der Waals surface area contributed by atoms with Gasteiger partial charge in [0.2, 0.25) is 0 Å². The highest BCUT2D eigenvalue weighted by Gasteiger charge is 2.23. The monoisotopic (exact) mass is 333 g/mol. The minimum atomic E-state index is -0.958. The predicted octanol–water partition coefficient (Wildman–Crippen LogP) is 3.56. The lowest BCUT2D eigenvalue weighted by molar-refractivity contribution is 0.0697. The summed E-state index contributed by atoms with van der Waals surface area (Å²) in [5, 5.41) is 9.51. The summed E-state index contributed by atoms with van der Waals surface area (Å²) < 4.78 is 5.97. The van der Waals surface area contributed by atoms with E-state index in [4.69, 9.17) is 15.3 Å². The largest absolute Gasteiger partial charge is 0.478 e. The average molecular weight is 333 g/mol. The van der Waals surface area contributed by atoms with Crippen molar-refractivity contribution >= 4 is 34.3 Å². The Morgan fingerprint density at radius 1 is 1.12 bits per heavy atom. The molecule has 0 atom stereocenters. The number of carboxylic acids is 1. The zero-order valence-corrected chi connectivity index (χ0v) is 13.3. The van der Waals surface area contributed by atoms with Crippen molar-refractivity contribution in [2.24, 2.45) is 0 Å². The van der Waals surface area contributed by atoms with Gasteiger partial charge in [-0.2, -0.15) is 0 Å². The van der Waals surface area contributed by atoms with Gasteiger partial charge in [0.15, 0.2) is 5.43 Å². The van der Waals surface area contributed by atoms with E-state index < -0.39 is 5.97 Å². The number of allylic oxidation sites excluding steroid dienone is 1. The molecular weight excluding hydrogens is 318 g/mol. The smallest absolute Gasteiger partial charge is 0.335 e.